The van der Waals surface area contributed by atoms with Crippen molar-refractivity contribution in [1.82, 2.24) is 4.98 Å². The lowest BCUT2D eigenvalue weighted by Crippen LogP contribution is -2.36. The molecule has 0 amide bonds. The Bertz CT molecular complexity index is 450. The largest absolute Gasteiger partial charge is 0.417 e. The number of hydrogen-bond donors (Lipinski definition) is 1. The molecule has 0 aromatic carbocycles. The van der Waals surface area contributed by atoms with E-state index in [9.17, 15) is 13.2 Å². The molecule has 1 fully saturated rings. The maximum absolute atomic E-state index is 12.5. The summed E-state index contributed by atoms with van der Waals surface area (Å²) in [6.07, 6.45) is 0.965. The number of anilines is 1. The Morgan fingerprint density at radius 2 is 2.11 bits per heavy atom. The molecule has 0 aliphatic heterocycles. The fourth-order valence-corrected chi connectivity index (χ4v) is 2.56. The van der Waals surface area contributed by atoms with Gasteiger partial charge in [-0.2, -0.15) is 13.2 Å². The molecule has 1 aromatic heterocycles. The highest BCUT2D eigenvalue weighted by molar-refractivity contribution is 6.32. The molecule has 2 rings (SSSR count). The summed E-state index contributed by atoms with van der Waals surface area (Å²) in [7, 11) is 0. The molecule has 0 unspecified atom stereocenters. The zero-order valence-corrected chi connectivity index (χ0v) is 11.4. The fraction of sp³-hybridized carbons (Fsp3) is 0.615. The minimum absolute atomic E-state index is 0.0143. The molecule has 1 heterocycles. The monoisotopic (exact) mass is 292 g/mol. The zero-order chi connectivity index (χ0) is 14.1. The van der Waals surface area contributed by atoms with Crippen LogP contribution >= 0.6 is 11.6 Å². The van der Waals surface area contributed by atoms with Gasteiger partial charge in [0.1, 0.15) is 5.82 Å². The van der Waals surface area contributed by atoms with Crippen LogP contribution in [-0.4, -0.2) is 11.5 Å². The van der Waals surface area contributed by atoms with E-state index in [0.29, 0.717) is 12.4 Å². The molecule has 0 saturated heterocycles. The van der Waals surface area contributed by atoms with Crippen molar-refractivity contribution in [2.45, 2.75) is 38.8 Å². The Morgan fingerprint density at radius 1 is 1.42 bits per heavy atom. The van der Waals surface area contributed by atoms with Gasteiger partial charge in [0.25, 0.3) is 0 Å². The number of nitrogens with zero attached hydrogens (tertiary/aromatic N) is 1. The third kappa shape index (κ3) is 3.14. The summed E-state index contributed by atoms with van der Waals surface area (Å²) in [5.74, 6) is 0.328. The number of nitrogens with one attached hydrogen (secondary N) is 1. The maximum Gasteiger partial charge on any atom is 0.417 e. The van der Waals surface area contributed by atoms with Crippen LogP contribution in [0.1, 0.15) is 38.2 Å². The molecule has 6 heteroatoms. The molecule has 2 nitrogen and oxygen atoms in total. The van der Waals surface area contributed by atoms with Crippen LogP contribution in [0.3, 0.4) is 0 Å². The average molecular weight is 293 g/mol. The lowest BCUT2D eigenvalue weighted by Gasteiger charge is -2.41. The van der Waals surface area contributed by atoms with E-state index in [4.69, 9.17) is 11.6 Å². The quantitative estimate of drug-likeness (QED) is 0.866. The van der Waals surface area contributed by atoms with Crippen LogP contribution in [0, 0.1) is 5.41 Å². The summed E-state index contributed by atoms with van der Waals surface area (Å²) in [5, 5.41) is 3.09. The van der Waals surface area contributed by atoms with E-state index in [-0.39, 0.29) is 10.4 Å². The van der Waals surface area contributed by atoms with Gasteiger partial charge >= 0.3 is 6.18 Å². The lowest BCUT2D eigenvalue weighted by molar-refractivity contribution is -0.137. The predicted octanol–water partition coefficient (Wildman–Crippen LogP) is 4.75. The van der Waals surface area contributed by atoms with E-state index >= 15 is 0 Å². The van der Waals surface area contributed by atoms with Gasteiger partial charge in [-0.15, -0.1) is 0 Å². The molecule has 1 N–H and O–H groups in total. The van der Waals surface area contributed by atoms with Gasteiger partial charge in [-0.1, -0.05) is 24.9 Å². The third-order valence-electron chi connectivity index (χ3n) is 3.96. The van der Waals surface area contributed by atoms with Gasteiger partial charge in [-0.3, -0.25) is 0 Å². The first-order valence-electron chi connectivity index (χ1n) is 6.33. The van der Waals surface area contributed by atoms with Gasteiger partial charge in [-0.05, 0) is 30.7 Å². The lowest BCUT2D eigenvalue weighted by atomic mass is 9.67. The summed E-state index contributed by atoms with van der Waals surface area (Å²) in [6, 6.07) is 0.913. The van der Waals surface area contributed by atoms with Crippen LogP contribution in [0.5, 0.6) is 0 Å². The minimum atomic E-state index is -4.41. The second-order valence-electron chi connectivity index (χ2n) is 5.11. The second kappa shape index (κ2) is 5.19. The Labute approximate surface area is 115 Å². The Hall–Kier alpha value is -0.970. The topological polar surface area (TPSA) is 24.9 Å². The summed E-state index contributed by atoms with van der Waals surface area (Å²) in [6.45, 7) is 2.84. The van der Waals surface area contributed by atoms with Crippen molar-refractivity contribution in [1.29, 1.82) is 0 Å². The van der Waals surface area contributed by atoms with E-state index in [1.807, 2.05) is 0 Å². The van der Waals surface area contributed by atoms with Crippen molar-refractivity contribution in [3.8, 4) is 0 Å². The van der Waals surface area contributed by atoms with Crippen molar-refractivity contribution < 1.29 is 13.2 Å². The number of rotatable bonds is 4. The van der Waals surface area contributed by atoms with Crippen molar-refractivity contribution in [3.05, 3.63) is 22.8 Å². The van der Waals surface area contributed by atoms with Crippen molar-refractivity contribution in [3.63, 3.8) is 0 Å². The summed E-state index contributed by atoms with van der Waals surface area (Å²) in [5.41, 5.74) is -0.565. The zero-order valence-electron chi connectivity index (χ0n) is 10.6. The third-order valence-corrected chi connectivity index (χ3v) is 4.25. The van der Waals surface area contributed by atoms with Gasteiger partial charge in [0.15, 0.2) is 0 Å². The van der Waals surface area contributed by atoms with Crippen LogP contribution in [-0.2, 0) is 6.18 Å². The molecule has 0 atom stereocenters. The smallest absolute Gasteiger partial charge is 0.368 e. The van der Waals surface area contributed by atoms with Crippen LogP contribution in [0.25, 0.3) is 0 Å². The van der Waals surface area contributed by atoms with Gasteiger partial charge in [0.2, 0.25) is 0 Å². The molecule has 1 aromatic rings. The number of pyridine rings is 1. The standard InChI is InChI=1S/C13H16ClF3N2/c1-2-12(4-3-5-12)8-19-11-10(14)6-9(7-18-11)13(15,16)17/h6-7H,2-5,8H2,1H3,(H,18,19). The minimum Gasteiger partial charge on any atom is -0.368 e. The van der Waals surface area contributed by atoms with Gasteiger partial charge in [-0.25, -0.2) is 4.98 Å². The first-order chi connectivity index (χ1) is 8.86. The molecule has 1 aliphatic carbocycles. The van der Waals surface area contributed by atoms with Gasteiger partial charge < -0.3 is 5.32 Å². The number of hydrogen-bond acceptors (Lipinski definition) is 2. The summed E-state index contributed by atoms with van der Waals surface area (Å²) >= 11 is 5.84. The van der Waals surface area contributed by atoms with E-state index in [2.05, 4.69) is 17.2 Å². The predicted molar refractivity (Wildman–Crippen MR) is 69.3 cm³/mol. The SMILES string of the molecule is CCC1(CNc2ncc(C(F)(F)F)cc2Cl)CCC1. The number of halogens is 4. The normalized spacial score (nSPS) is 17.9. The Balaban J connectivity index is 2.05. The van der Waals surface area contributed by atoms with E-state index in [1.54, 1.807) is 0 Å². The van der Waals surface area contributed by atoms with E-state index in [0.717, 1.165) is 31.5 Å². The first kappa shape index (κ1) is 14.4. The molecule has 106 valence electrons. The Kier molecular flexibility index (Phi) is 3.95. The highest BCUT2D eigenvalue weighted by Gasteiger charge is 2.35. The average Bonchev–Trinajstić information content (AvgIpc) is 2.28. The maximum atomic E-state index is 12.5. The second-order valence-corrected chi connectivity index (χ2v) is 5.52. The Morgan fingerprint density at radius 3 is 2.53 bits per heavy atom. The number of alkyl halides is 3. The first-order valence-corrected chi connectivity index (χ1v) is 6.71. The van der Waals surface area contributed by atoms with Gasteiger partial charge in [0.05, 0.1) is 10.6 Å². The van der Waals surface area contributed by atoms with Crippen molar-refractivity contribution >= 4 is 17.4 Å². The number of aromatic nitrogens is 1. The molecular weight excluding hydrogens is 277 g/mol. The summed E-state index contributed by atoms with van der Waals surface area (Å²) in [4.78, 5) is 3.78. The molecule has 1 saturated carbocycles. The molecule has 0 bridgehead atoms. The van der Waals surface area contributed by atoms with E-state index < -0.39 is 11.7 Å². The van der Waals surface area contributed by atoms with Crippen LogP contribution in [0.15, 0.2) is 12.3 Å². The highest BCUT2D eigenvalue weighted by atomic mass is 35.5. The van der Waals surface area contributed by atoms with E-state index in [1.165, 1.54) is 6.42 Å². The molecule has 19 heavy (non-hydrogen) atoms. The summed E-state index contributed by atoms with van der Waals surface area (Å²) < 4.78 is 37.4. The molecule has 0 spiro atoms. The highest BCUT2D eigenvalue weighted by Crippen LogP contribution is 2.44. The molecule has 1 aliphatic rings. The van der Waals surface area contributed by atoms with Crippen molar-refractivity contribution in [2.75, 3.05) is 11.9 Å². The molecular formula is C13H16ClF3N2. The fourth-order valence-electron chi connectivity index (χ4n) is 2.33. The van der Waals surface area contributed by atoms with Crippen LogP contribution in [0.2, 0.25) is 5.02 Å². The van der Waals surface area contributed by atoms with Crippen LogP contribution < -0.4 is 5.32 Å². The van der Waals surface area contributed by atoms with Gasteiger partial charge in [0, 0.05) is 12.7 Å². The molecule has 0 radical (unpaired) electrons. The van der Waals surface area contributed by atoms with Crippen molar-refractivity contribution in [2.24, 2.45) is 5.41 Å². The van der Waals surface area contributed by atoms with Crippen LogP contribution in [0.4, 0.5) is 19.0 Å².